The van der Waals surface area contributed by atoms with Gasteiger partial charge in [0, 0.05) is 25.0 Å². The third-order valence-corrected chi connectivity index (χ3v) is 2.27. The molecule has 1 amide bonds. The summed E-state index contributed by atoms with van der Waals surface area (Å²) < 4.78 is 9.01. The van der Waals surface area contributed by atoms with E-state index in [0.29, 0.717) is 0 Å². The number of hydrogen-bond acceptors (Lipinski definition) is 6. The number of Topliss-reactive ketones (excluding diaryl/α,β-unsaturated/α-hetero) is 1. The molecule has 0 aromatic heterocycles. The molecule has 0 saturated carbocycles. The molecule has 0 aromatic carbocycles. The maximum atomic E-state index is 11.4. The SMILES string of the molecule is COC(=O)/C=C/C(=O)OCC1NC(=O)CCC1=O. The molecular formula is C11H13NO6. The molecule has 0 aromatic rings. The number of ketones is 1. The first-order valence-electron chi connectivity index (χ1n) is 5.28. The fourth-order valence-corrected chi connectivity index (χ4v) is 1.31. The van der Waals surface area contributed by atoms with Gasteiger partial charge in [-0.2, -0.15) is 0 Å². The van der Waals surface area contributed by atoms with Gasteiger partial charge in [-0.25, -0.2) is 9.59 Å². The van der Waals surface area contributed by atoms with Crippen molar-refractivity contribution in [3.8, 4) is 0 Å². The Hall–Kier alpha value is -2.18. The van der Waals surface area contributed by atoms with Crippen molar-refractivity contribution in [1.29, 1.82) is 0 Å². The van der Waals surface area contributed by atoms with Gasteiger partial charge in [0.2, 0.25) is 5.91 Å². The molecule has 18 heavy (non-hydrogen) atoms. The lowest BCUT2D eigenvalue weighted by molar-refractivity contribution is -0.143. The Morgan fingerprint density at radius 2 is 1.94 bits per heavy atom. The maximum Gasteiger partial charge on any atom is 0.331 e. The lowest BCUT2D eigenvalue weighted by atomic mass is 10.0. The Balaban J connectivity index is 2.37. The van der Waals surface area contributed by atoms with Crippen LogP contribution < -0.4 is 5.32 Å². The molecule has 1 atom stereocenters. The second-order valence-corrected chi connectivity index (χ2v) is 3.57. The molecule has 7 heteroatoms. The molecule has 1 saturated heterocycles. The molecule has 0 spiro atoms. The number of methoxy groups -OCH3 is 1. The monoisotopic (exact) mass is 255 g/mol. The van der Waals surface area contributed by atoms with Gasteiger partial charge in [-0.3, -0.25) is 9.59 Å². The molecule has 1 N–H and O–H groups in total. The molecule has 0 radical (unpaired) electrons. The van der Waals surface area contributed by atoms with Crippen LogP contribution in [0.3, 0.4) is 0 Å². The smallest absolute Gasteiger partial charge is 0.331 e. The third-order valence-electron chi connectivity index (χ3n) is 2.27. The van der Waals surface area contributed by atoms with Gasteiger partial charge in [-0.15, -0.1) is 0 Å². The topological polar surface area (TPSA) is 98.8 Å². The van der Waals surface area contributed by atoms with E-state index in [0.717, 1.165) is 12.2 Å². The number of rotatable bonds is 4. The van der Waals surface area contributed by atoms with Gasteiger partial charge in [-0.05, 0) is 0 Å². The second kappa shape index (κ2) is 6.53. The average molecular weight is 255 g/mol. The molecule has 0 bridgehead atoms. The minimum Gasteiger partial charge on any atom is -0.466 e. The van der Waals surface area contributed by atoms with Gasteiger partial charge >= 0.3 is 11.9 Å². The molecule has 1 unspecified atom stereocenters. The standard InChI is InChI=1S/C11H13NO6/c1-17-10(15)4-5-11(16)18-6-7-8(13)2-3-9(14)12-7/h4-5,7H,2-3,6H2,1H3,(H,12,14)/b5-4+. The van der Waals surface area contributed by atoms with Gasteiger partial charge in [-0.1, -0.05) is 0 Å². The zero-order valence-corrected chi connectivity index (χ0v) is 9.80. The van der Waals surface area contributed by atoms with Crippen LogP contribution in [0.4, 0.5) is 0 Å². The fourth-order valence-electron chi connectivity index (χ4n) is 1.31. The maximum absolute atomic E-state index is 11.4. The zero-order valence-electron chi connectivity index (χ0n) is 9.80. The predicted molar refractivity (Wildman–Crippen MR) is 58.3 cm³/mol. The van der Waals surface area contributed by atoms with Crippen molar-refractivity contribution in [2.75, 3.05) is 13.7 Å². The van der Waals surface area contributed by atoms with Crippen molar-refractivity contribution >= 4 is 23.6 Å². The number of ether oxygens (including phenoxy) is 2. The molecule has 7 nitrogen and oxygen atoms in total. The average Bonchev–Trinajstić information content (AvgIpc) is 2.36. The summed E-state index contributed by atoms with van der Waals surface area (Å²) in [6.45, 7) is -0.241. The van der Waals surface area contributed by atoms with E-state index in [4.69, 9.17) is 4.74 Å². The lowest BCUT2D eigenvalue weighted by Gasteiger charge is -2.21. The summed E-state index contributed by atoms with van der Waals surface area (Å²) in [6.07, 6.45) is 2.10. The normalized spacial score (nSPS) is 19.5. The molecule has 1 rings (SSSR count). The van der Waals surface area contributed by atoms with Gasteiger partial charge in [0.25, 0.3) is 0 Å². The number of carbonyl (C=O) groups is 4. The first kappa shape index (κ1) is 13.9. The van der Waals surface area contributed by atoms with Gasteiger partial charge in [0.15, 0.2) is 5.78 Å². The number of amides is 1. The van der Waals surface area contributed by atoms with Crippen molar-refractivity contribution in [2.24, 2.45) is 0 Å². The summed E-state index contributed by atoms with van der Waals surface area (Å²) in [5, 5.41) is 2.42. The highest BCUT2D eigenvalue weighted by Crippen LogP contribution is 2.04. The lowest BCUT2D eigenvalue weighted by Crippen LogP contribution is -2.48. The van der Waals surface area contributed by atoms with E-state index >= 15 is 0 Å². The number of nitrogens with one attached hydrogen (secondary N) is 1. The van der Waals surface area contributed by atoms with Crippen molar-refractivity contribution in [2.45, 2.75) is 18.9 Å². The van der Waals surface area contributed by atoms with Crippen molar-refractivity contribution in [1.82, 2.24) is 5.32 Å². The predicted octanol–water partition coefficient (Wildman–Crippen LogP) is -0.894. The highest BCUT2D eigenvalue weighted by atomic mass is 16.5. The molecule has 1 aliphatic heterocycles. The molecule has 1 aliphatic rings. The third kappa shape index (κ3) is 4.36. The summed E-state index contributed by atoms with van der Waals surface area (Å²) in [7, 11) is 1.17. The Bertz CT molecular complexity index is 400. The van der Waals surface area contributed by atoms with Crippen LogP contribution in [0.1, 0.15) is 12.8 Å². The van der Waals surface area contributed by atoms with Crippen LogP contribution >= 0.6 is 0 Å². The summed E-state index contributed by atoms with van der Waals surface area (Å²) in [5.41, 5.74) is 0. The Kier molecular flexibility index (Phi) is 5.04. The number of carbonyl (C=O) groups excluding carboxylic acids is 4. The number of piperidine rings is 1. The van der Waals surface area contributed by atoms with Gasteiger partial charge in [0.05, 0.1) is 7.11 Å². The van der Waals surface area contributed by atoms with Crippen LogP contribution in [0.15, 0.2) is 12.2 Å². The molecule has 1 heterocycles. The largest absolute Gasteiger partial charge is 0.466 e. The number of esters is 2. The molecule has 0 aliphatic carbocycles. The number of hydrogen-bond donors (Lipinski definition) is 1. The minimum absolute atomic E-state index is 0.145. The fraction of sp³-hybridized carbons (Fsp3) is 0.455. The van der Waals surface area contributed by atoms with E-state index < -0.39 is 18.0 Å². The highest BCUT2D eigenvalue weighted by molar-refractivity contribution is 5.96. The van der Waals surface area contributed by atoms with Crippen molar-refractivity contribution in [3.63, 3.8) is 0 Å². The van der Waals surface area contributed by atoms with E-state index in [9.17, 15) is 19.2 Å². The van der Waals surface area contributed by atoms with E-state index in [1.807, 2.05) is 0 Å². The van der Waals surface area contributed by atoms with Crippen LogP contribution in [-0.4, -0.2) is 43.4 Å². The van der Waals surface area contributed by atoms with E-state index in [1.165, 1.54) is 7.11 Å². The zero-order chi connectivity index (χ0) is 13.5. The van der Waals surface area contributed by atoms with Crippen molar-refractivity contribution in [3.05, 3.63) is 12.2 Å². The Morgan fingerprint density at radius 3 is 2.61 bits per heavy atom. The summed E-state index contributed by atoms with van der Waals surface area (Å²) >= 11 is 0. The minimum atomic E-state index is -0.804. The van der Waals surface area contributed by atoms with Crippen LogP contribution in [0, 0.1) is 0 Å². The summed E-state index contributed by atoms with van der Waals surface area (Å²) in [6, 6.07) is -0.804. The first-order valence-corrected chi connectivity index (χ1v) is 5.28. The Labute approximate surface area is 103 Å². The van der Waals surface area contributed by atoms with E-state index in [1.54, 1.807) is 0 Å². The molecule has 98 valence electrons. The highest BCUT2D eigenvalue weighted by Gasteiger charge is 2.26. The van der Waals surface area contributed by atoms with Gasteiger partial charge < -0.3 is 14.8 Å². The quantitative estimate of drug-likeness (QED) is 0.516. The second-order valence-electron chi connectivity index (χ2n) is 3.57. The first-order chi connectivity index (χ1) is 8.52. The summed E-state index contributed by atoms with van der Waals surface area (Å²) in [4.78, 5) is 44.2. The van der Waals surface area contributed by atoms with E-state index in [2.05, 4.69) is 10.1 Å². The van der Waals surface area contributed by atoms with Crippen LogP contribution in [0.2, 0.25) is 0 Å². The van der Waals surface area contributed by atoms with E-state index in [-0.39, 0.29) is 31.1 Å². The molecule has 1 fully saturated rings. The summed E-state index contributed by atoms with van der Waals surface area (Å²) in [5.74, 6) is -1.90. The van der Waals surface area contributed by atoms with Crippen LogP contribution in [0.5, 0.6) is 0 Å². The Morgan fingerprint density at radius 1 is 1.28 bits per heavy atom. The van der Waals surface area contributed by atoms with Crippen molar-refractivity contribution < 1.29 is 28.7 Å². The van der Waals surface area contributed by atoms with Crippen LogP contribution in [-0.2, 0) is 28.7 Å². The van der Waals surface area contributed by atoms with Gasteiger partial charge in [0.1, 0.15) is 12.6 Å². The van der Waals surface area contributed by atoms with Crippen LogP contribution in [0.25, 0.3) is 0 Å². The molecular weight excluding hydrogens is 242 g/mol.